The van der Waals surface area contributed by atoms with Gasteiger partial charge < -0.3 is 11.2 Å². The standard InChI is InChI=1S/C17H21Cl2N5OS/c1-10-4-2-3-5-14(10)21-15(25)9-26-17-23-22-16(24(17)20)12-8-11(18)6-7-13(12)19/h6-8,10,14H,2-5,9,20H2,1H3,(H,21,25)/t10-,14-/m1/s1. The fourth-order valence-corrected chi connectivity index (χ4v) is 4.18. The van der Waals surface area contributed by atoms with Crippen LogP contribution in [0.5, 0.6) is 0 Å². The highest BCUT2D eigenvalue weighted by Gasteiger charge is 2.23. The number of nitrogen functional groups attached to an aromatic ring is 1. The van der Waals surface area contributed by atoms with E-state index in [4.69, 9.17) is 29.0 Å². The van der Waals surface area contributed by atoms with Gasteiger partial charge in [-0.1, -0.05) is 54.7 Å². The SMILES string of the molecule is C[C@@H]1CCCC[C@H]1NC(=O)CSc1nnc(-c2cc(Cl)ccc2Cl)n1N. The van der Waals surface area contributed by atoms with Gasteiger partial charge in [0, 0.05) is 16.6 Å². The van der Waals surface area contributed by atoms with E-state index in [1.54, 1.807) is 18.2 Å². The van der Waals surface area contributed by atoms with Gasteiger partial charge in [0.15, 0.2) is 5.82 Å². The lowest BCUT2D eigenvalue weighted by molar-refractivity contribution is -0.119. The molecule has 1 aromatic heterocycles. The summed E-state index contributed by atoms with van der Waals surface area (Å²) in [7, 11) is 0. The van der Waals surface area contributed by atoms with Crippen LogP contribution in [0.15, 0.2) is 23.4 Å². The second kappa shape index (κ2) is 8.50. The molecular formula is C17H21Cl2N5OS. The first-order valence-electron chi connectivity index (χ1n) is 8.53. The van der Waals surface area contributed by atoms with Crippen molar-refractivity contribution in [2.24, 2.45) is 5.92 Å². The Hall–Kier alpha value is -1.44. The van der Waals surface area contributed by atoms with Crippen molar-refractivity contribution < 1.29 is 4.79 Å². The highest BCUT2D eigenvalue weighted by atomic mass is 35.5. The van der Waals surface area contributed by atoms with Crippen molar-refractivity contribution in [1.82, 2.24) is 20.2 Å². The van der Waals surface area contributed by atoms with Crippen LogP contribution in [0.1, 0.15) is 32.6 Å². The summed E-state index contributed by atoms with van der Waals surface area (Å²) in [4.78, 5) is 12.2. The number of amides is 1. The maximum atomic E-state index is 12.2. The highest BCUT2D eigenvalue weighted by Crippen LogP contribution is 2.30. The molecule has 9 heteroatoms. The van der Waals surface area contributed by atoms with Crippen molar-refractivity contribution in [1.29, 1.82) is 0 Å². The van der Waals surface area contributed by atoms with Crippen LogP contribution in [-0.2, 0) is 4.79 Å². The van der Waals surface area contributed by atoms with E-state index >= 15 is 0 Å². The molecule has 1 heterocycles. The Balaban J connectivity index is 1.63. The van der Waals surface area contributed by atoms with Gasteiger partial charge in [0.05, 0.1) is 10.8 Å². The lowest BCUT2D eigenvalue weighted by atomic mass is 9.86. The lowest BCUT2D eigenvalue weighted by Gasteiger charge is -2.29. The lowest BCUT2D eigenvalue weighted by Crippen LogP contribution is -2.41. The minimum absolute atomic E-state index is 0.0147. The van der Waals surface area contributed by atoms with Gasteiger partial charge in [0.25, 0.3) is 0 Å². The quantitative estimate of drug-likeness (QED) is 0.575. The molecule has 1 aliphatic rings. The molecule has 6 nitrogen and oxygen atoms in total. The molecular weight excluding hydrogens is 393 g/mol. The van der Waals surface area contributed by atoms with Crippen LogP contribution < -0.4 is 11.2 Å². The van der Waals surface area contributed by atoms with Crippen molar-refractivity contribution >= 4 is 40.9 Å². The zero-order valence-corrected chi connectivity index (χ0v) is 16.7. The van der Waals surface area contributed by atoms with Crippen LogP contribution in [0, 0.1) is 5.92 Å². The topological polar surface area (TPSA) is 85.8 Å². The number of rotatable bonds is 5. The largest absolute Gasteiger partial charge is 0.352 e. The number of nitrogens with two attached hydrogens (primary N) is 1. The molecule has 1 fully saturated rings. The van der Waals surface area contributed by atoms with E-state index in [0.717, 1.165) is 6.42 Å². The van der Waals surface area contributed by atoms with E-state index in [0.29, 0.717) is 32.5 Å². The molecule has 3 rings (SSSR count). The molecule has 0 aliphatic heterocycles. The van der Waals surface area contributed by atoms with Crippen LogP contribution in [0.2, 0.25) is 10.0 Å². The Morgan fingerprint density at radius 2 is 2.12 bits per heavy atom. The molecule has 0 saturated heterocycles. The molecule has 1 aliphatic carbocycles. The summed E-state index contributed by atoms with van der Waals surface area (Å²) in [6.07, 6.45) is 4.62. The predicted molar refractivity (Wildman–Crippen MR) is 106 cm³/mol. The second-order valence-corrected chi connectivity index (χ2v) is 8.31. The monoisotopic (exact) mass is 413 g/mol. The van der Waals surface area contributed by atoms with Gasteiger partial charge in [0.2, 0.25) is 11.1 Å². The molecule has 3 N–H and O–H groups in total. The molecule has 2 aromatic rings. The van der Waals surface area contributed by atoms with Gasteiger partial charge in [-0.15, -0.1) is 10.2 Å². The number of nitrogens with one attached hydrogen (secondary N) is 1. The van der Waals surface area contributed by atoms with Gasteiger partial charge in [-0.05, 0) is 37.0 Å². The highest BCUT2D eigenvalue weighted by molar-refractivity contribution is 7.99. The van der Waals surface area contributed by atoms with Gasteiger partial charge in [0.1, 0.15) is 0 Å². The van der Waals surface area contributed by atoms with E-state index in [2.05, 4.69) is 22.4 Å². The molecule has 26 heavy (non-hydrogen) atoms. The molecule has 140 valence electrons. The normalized spacial score (nSPS) is 20.1. The number of benzene rings is 1. The molecule has 0 unspecified atom stereocenters. The third-order valence-electron chi connectivity index (χ3n) is 4.62. The van der Waals surface area contributed by atoms with Crippen molar-refractivity contribution in [2.75, 3.05) is 11.6 Å². The van der Waals surface area contributed by atoms with E-state index < -0.39 is 0 Å². The third kappa shape index (κ3) is 4.45. The molecule has 2 atom stereocenters. The predicted octanol–water partition coefficient (Wildman–Crippen LogP) is 3.75. The molecule has 0 spiro atoms. The van der Waals surface area contributed by atoms with E-state index in [1.807, 2.05) is 0 Å². The molecule has 1 aromatic carbocycles. The van der Waals surface area contributed by atoms with Crippen molar-refractivity contribution in [3.63, 3.8) is 0 Å². The minimum atomic E-state index is -0.0147. The van der Waals surface area contributed by atoms with E-state index in [9.17, 15) is 4.79 Å². The fourth-order valence-electron chi connectivity index (χ4n) is 3.14. The van der Waals surface area contributed by atoms with Crippen LogP contribution in [0.4, 0.5) is 0 Å². The van der Waals surface area contributed by atoms with Crippen LogP contribution in [-0.4, -0.2) is 32.6 Å². The minimum Gasteiger partial charge on any atom is -0.352 e. The summed E-state index contributed by atoms with van der Waals surface area (Å²) in [5.41, 5.74) is 0.599. The second-order valence-electron chi connectivity index (χ2n) is 6.52. The summed E-state index contributed by atoms with van der Waals surface area (Å²) in [6.45, 7) is 2.19. The van der Waals surface area contributed by atoms with Gasteiger partial charge in [-0.2, -0.15) is 0 Å². The molecule has 0 radical (unpaired) electrons. The van der Waals surface area contributed by atoms with Crippen molar-refractivity contribution in [3.8, 4) is 11.4 Å². The fraction of sp³-hybridized carbons (Fsp3) is 0.471. The Kier molecular flexibility index (Phi) is 6.32. The number of nitrogens with zero attached hydrogens (tertiary/aromatic N) is 3. The smallest absolute Gasteiger partial charge is 0.230 e. The third-order valence-corrected chi connectivity index (χ3v) is 6.13. The summed E-state index contributed by atoms with van der Waals surface area (Å²) >= 11 is 13.5. The Bertz CT molecular complexity index is 797. The summed E-state index contributed by atoms with van der Waals surface area (Å²) in [5, 5.41) is 12.7. The summed E-state index contributed by atoms with van der Waals surface area (Å²) < 4.78 is 1.33. The van der Waals surface area contributed by atoms with E-state index in [-0.39, 0.29) is 17.7 Å². The number of aromatic nitrogens is 3. The van der Waals surface area contributed by atoms with Gasteiger partial charge in [-0.3, -0.25) is 4.79 Å². The summed E-state index contributed by atoms with van der Waals surface area (Å²) in [5.74, 6) is 7.23. The van der Waals surface area contributed by atoms with Crippen LogP contribution >= 0.6 is 35.0 Å². The van der Waals surface area contributed by atoms with Crippen LogP contribution in [0.25, 0.3) is 11.4 Å². The number of halogens is 2. The maximum absolute atomic E-state index is 12.2. The van der Waals surface area contributed by atoms with Gasteiger partial charge in [-0.25, -0.2) is 4.68 Å². The van der Waals surface area contributed by atoms with Crippen molar-refractivity contribution in [3.05, 3.63) is 28.2 Å². The van der Waals surface area contributed by atoms with Crippen LogP contribution in [0.3, 0.4) is 0 Å². The Morgan fingerprint density at radius 1 is 1.35 bits per heavy atom. The number of hydrogen-bond acceptors (Lipinski definition) is 5. The molecule has 0 bridgehead atoms. The first-order chi connectivity index (χ1) is 12.5. The first kappa shape index (κ1) is 19.3. The average Bonchev–Trinajstić information content (AvgIpc) is 2.98. The number of carbonyl (C=O) groups excluding carboxylic acids is 1. The summed E-state index contributed by atoms with van der Waals surface area (Å²) in [6, 6.07) is 5.31. The number of carbonyl (C=O) groups is 1. The first-order valence-corrected chi connectivity index (χ1v) is 10.3. The van der Waals surface area contributed by atoms with Crippen molar-refractivity contribution in [2.45, 2.75) is 43.8 Å². The maximum Gasteiger partial charge on any atom is 0.230 e. The average molecular weight is 414 g/mol. The van der Waals surface area contributed by atoms with E-state index in [1.165, 1.54) is 35.7 Å². The number of hydrogen-bond donors (Lipinski definition) is 2. The molecule has 1 saturated carbocycles. The Labute approximate surface area is 166 Å². The van der Waals surface area contributed by atoms with Gasteiger partial charge >= 0.3 is 0 Å². The number of thioether (sulfide) groups is 1. The Morgan fingerprint density at radius 3 is 2.88 bits per heavy atom. The zero-order chi connectivity index (χ0) is 18.7. The molecule has 1 amide bonds. The zero-order valence-electron chi connectivity index (χ0n) is 14.4.